The van der Waals surface area contributed by atoms with Crippen molar-refractivity contribution in [2.45, 2.75) is 25.7 Å². The Morgan fingerprint density at radius 2 is 1.94 bits per heavy atom. The lowest BCUT2D eigenvalue weighted by molar-refractivity contribution is -0.384. The minimum atomic E-state index is -3.46. The molecule has 0 amide bonds. The van der Waals surface area contributed by atoms with Gasteiger partial charge in [0.2, 0.25) is 0 Å². The molecule has 18 heavy (non-hydrogen) atoms. The van der Waals surface area contributed by atoms with E-state index in [0.717, 1.165) is 6.07 Å². The molecular formula is C11H14ClNO4S. The fourth-order valence-electron chi connectivity index (χ4n) is 1.65. The van der Waals surface area contributed by atoms with E-state index in [9.17, 15) is 18.5 Å². The van der Waals surface area contributed by atoms with E-state index in [0.29, 0.717) is 5.56 Å². The highest BCUT2D eigenvalue weighted by Crippen LogP contribution is 2.30. The molecule has 1 aromatic rings. The predicted molar refractivity (Wildman–Crippen MR) is 69.7 cm³/mol. The number of rotatable bonds is 4. The molecule has 0 aliphatic rings. The van der Waals surface area contributed by atoms with Crippen molar-refractivity contribution in [1.82, 2.24) is 0 Å². The molecule has 0 atom stereocenters. The number of halogens is 1. The Morgan fingerprint density at radius 3 is 2.39 bits per heavy atom. The highest BCUT2D eigenvalue weighted by atomic mass is 35.5. The molecular weight excluding hydrogens is 278 g/mol. The molecule has 0 radical (unpaired) electrons. The van der Waals surface area contributed by atoms with E-state index < -0.39 is 14.8 Å². The van der Waals surface area contributed by atoms with Gasteiger partial charge in [0.15, 0.2) is 9.84 Å². The minimum Gasteiger partial charge on any atom is -0.258 e. The van der Waals surface area contributed by atoms with E-state index in [1.807, 2.05) is 0 Å². The van der Waals surface area contributed by atoms with E-state index in [1.165, 1.54) is 13.0 Å². The largest absolute Gasteiger partial charge is 0.288 e. The second-order valence-corrected chi connectivity index (χ2v) is 6.91. The zero-order valence-corrected chi connectivity index (χ0v) is 11.9. The van der Waals surface area contributed by atoms with Gasteiger partial charge in [-0.2, -0.15) is 0 Å². The summed E-state index contributed by atoms with van der Waals surface area (Å²) in [6, 6.07) is 2.35. The summed E-state index contributed by atoms with van der Waals surface area (Å²) in [5.41, 5.74) is 0.0596. The van der Waals surface area contributed by atoms with Crippen LogP contribution in [0.3, 0.4) is 0 Å². The molecule has 0 saturated carbocycles. The Labute approximate surface area is 111 Å². The van der Waals surface area contributed by atoms with Gasteiger partial charge >= 0.3 is 0 Å². The van der Waals surface area contributed by atoms with Crippen molar-refractivity contribution >= 4 is 27.1 Å². The monoisotopic (exact) mass is 291 g/mol. The van der Waals surface area contributed by atoms with Gasteiger partial charge in [0, 0.05) is 6.07 Å². The molecule has 1 aromatic carbocycles. The normalized spacial score (nSPS) is 11.8. The van der Waals surface area contributed by atoms with Crippen molar-refractivity contribution in [2.24, 2.45) is 5.92 Å². The lowest BCUT2D eigenvalue weighted by Crippen LogP contribution is -2.13. The second-order valence-electron chi connectivity index (χ2n) is 4.50. The fraction of sp³-hybridized carbons (Fsp3) is 0.455. The van der Waals surface area contributed by atoms with Crippen molar-refractivity contribution in [1.29, 1.82) is 0 Å². The average molecular weight is 292 g/mol. The fourth-order valence-corrected chi connectivity index (χ4v) is 3.85. The van der Waals surface area contributed by atoms with Gasteiger partial charge in [0.25, 0.3) is 5.69 Å². The molecule has 0 aliphatic carbocycles. The zero-order valence-electron chi connectivity index (χ0n) is 10.3. The Balaban J connectivity index is 3.37. The van der Waals surface area contributed by atoms with Gasteiger partial charge in [-0.25, -0.2) is 8.42 Å². The van der Waals surface area contributed by atoms with Gasteiger partial charge < -0.3 is 0 Å². The highest BCUT2D eigenvalue weighted by Gasteiger charge is 2.23. The maximum Gasteiger partial charge on any atom is 0.288 e. The number of aryl methyl sites for hydroxylation is 1. The number of benzene rings is 1. The van der Waals surface area contributed by atoms with E-state index in [1.54, 1.807) is 13.8 Å². The lowest BCUT2D eigenvalue weighted by atomic mass is 10.2. The third-order valence-electron chi connectivity index (χ3n) is 2.33. The molecule has 0 bridgehead atoms. The zero-order chi connectivity index (χ0) is 14.1. The van der Waals surface area contributed by atoms with Crippen LogP contribution in [0.1, 0.15) is 19.4 Å². The Hall–Kier alpha value is -1.14. The predicted octanol–water partition coefficient (Wildman–Crippen LogP) is 2.99. The highest BCUT2D eigenvalue weighted by molar-refractivity contribution is 7.91. The summed E-state index contributed by atoms with van der Waals surface area (Å²) < 4.78 is 24.1. The first-order valence-corrected chi connectivity index (χ1v) is 7.35. The number of hydrogen-bond acceptors (Lipinski definition) is 4. The van der Waals surface area contributed by atoms with Crippen LogP contribution in [-0.4, -0.2) is 19.1 Å². The van der Waals surface area contributed by atoms with Gasteiger partial charge in [-0.05, 0) is 24.5 Å². The van der Waals surface area contributed by atoms with Crippen LogP contribution >= 0.6 is 11.6 Å². The van der Waals surface area contributed by atoms with Gasteiger partial charge in [-0.1, -0.05) is 25.4 Å². The van der Waals surface area contributed by atoms with Crippen molar-refractivity contribution in [2.75, 3.05) is 5.75 Å². The summed E-state index contributed by atoms with van der Waals surface area (Å²) in [6.45, 7) is 5.11. The van der Waals surface area contributed by atoms with Crippen LogP contribution in [0.15, 0.2) is 17.0 Å². The van der Waals surface area contributed by atoms with Crippen LogP contribution in [-0.2, 0) is 9.84 Å². The Kier molecular flexibility index (Phi) is 4.34. The number of nitrogens with zero attached hydrogens (tertiary/aromatic N) is 1. The smallest absolute Gasteiger partial charge is 0.258 e. The van der Waals surface area contributed by atoms with Crippen molar-refractivity contribution in [3.05, 3.63) is 32.8 Å². The average Bonchev–Trinajstić information content (AvgIpc) is 2.18. The van der Waals surface area contributed by atoms with Gasteiger partial charge in [0.05, 0.1) is 15.6 Å². The van der Waals surface area contributed by atoms with Crippen LogP contribution in [0, 0.1) is 23.0 Å². The molecule has 0 aliphatic heterocycles. The summed E-state index contributed by atoms with van der Waals surface area (Å²) in [4.78, 5) is 10.1. The Bertz CT molecular complexity index is 581. The lowest BCUT2D eigenvalue weighted by Gasteiger charge is -2.10. The number of nitro benzene ring substituents is 1. The minimum absolute atomic E-state index is 0.0119. The number of nitro groups is 1. The van der Waals surface area contributed by atoms with Crippen LogP contribution in [0.5, 0.6) is 0 Å². The van der Waals surface area contributed by atoms with E-state index >= 15 is 0 Å². The van der Waals surface area contributed by atoms with Crippen LogP contribution in [0.25, 0.3) is 0 Å². The molecule has 0 heterocycles. The van der Waals surface area contributed by atoms with E-state index in [4.69, 9.17) is 11.6 Å². The Morgan fingerprint density at radius 1 is 1.39 bits per heavy atom. The molecule has 0 fully saturated rings. The van der Waals surface area contributed by atoms with Crippen LogP contribution in [0.2, 0.25) is 5.02 Å². The molecule has 100 valence electrons. The SMILES string of the molecule is Cc1cc([N+](=O)[O-])c(Cl)cc1S(=O)(=O)CC(C)C. The van der Waals surface area contributed by atoms with Crippen molar-refractivity contribution in [3.63, 3.8) is 0 Å². The van der Waals surface area contributed by atoms with Crippen molar-refractivity contribution in [3.8, 4) is 0 Å². The van der Waals surface area contributed by atoms with E-state index in [2.05, 4.69) is 0 Å². The number of hydrogen-bond donors (Lipinski definition) is 0. The van der Waals surface area contributed by atoms with E-state index in [-0.39, 0.29) is 27.3 Å². The molecule has 1 rings (SSSR count). The molecule has 0 aromatic heterocycles. The summed E-state index contributed by atoms with van der Waals surface area (Å²) in [7, 11) is -3.46. The molecule has 5 nitrogen and oxygen atoms in total. The van der Waals surface area contributed by atoms with Gasteiger partial charge in [-0.15, -0.1) is 0 Å². The maximum absolute atomic E-state index is 12.1. The van der Waals surface area contributed by atoms with Crippen LogP contribution < -0.4 is 0 Å². The second kappa shape index (κ2) is 5.24. The standard InChI is InChI=1S/C11H14ClNO4S/c1-7(2)6-18(16,17)11-5-9(12)10(13(14)15)4-8(11)3/h4-5,7H,6H2,1-3H3. The quantitative estimate of drug-likeness (QED) is 0.631. The molecule has 0 N–H and O–H groups in total. The third-order valence-corrected chi connectivity index (χ3v) is 4.85. The first kappa shape index (κ1) is 14.9. The topological polar surface area (TPSA) is 77.3 Å². The molecule has 0 saturated heterocycles. The molecule has 7 heteroatoms. The first-order chi connectivity index (χ1) is 8.15. The summed E-state index contributed by atoms with van der Waals surface area (Å²) in [5, 5.41) is 10.5. The maximum atomic E-state index is 12.1. The first-order valence-electron chi connectivity index (χ1n) is 5.32. The molecule has 0 spiro atoms. The summed E-state index contributed by atoms with van der Waals surface area (Å²) in [6.07, 6.45) is 0. The summed E-state index contributed by atoms with van der Waals surface area (Å²) >= 11 is 5.73. The summed E-state index contributed by atoms with van der Waals surface area (Å²) in [5.74, 6) is -0.0366. The van der Waals surface area contributed by atoms with Crippen LogP contribution in [0.4, 0.5) is 5.69 Å². The third kappa shape index (κ3) is 3.20. The molecule has 0 unspecified atom stereocenters. The van der Waals surface area contributed by atoms with Gasteiger partial charge in [-0.3, -0.25) is 10.1 Å². The van der Waals surface area contributed by atoms with Gasteiger partial charge in [0.1, 0.15) is 5.02 Å². The number of sulfone groups is 1. The van der Waals surface area contributed by atoms with Crippen molar-refractivity contribution < 1.29 is 13.3 Å².